The van der Waals surface area contributed by atoms with Crippen LogP contribution in [-0.2, 0) is 11.3 Å². The fourth-order valence-electron chi connectivity index (χ4n) is 3.01. The zero-order chi connectivity index (χ0) is 22.7. The lowest BCUT2D eigenvalue weighted by molar-refractivity contribution is -0.121. The molecule has 32 heavy (non-hydrogen) atoms. The average molecular weight is 513 g/mol. The molecule has 0 aliphatic heterocycles. The van der Waals surface area contributed by atoms with E-state index >= 15 is 0 Å². The quantitative estimate of drug-likeness (QED) is 0.302. The van der Waals surface area contributed by atoms with E-state index < -0.39 is 5.91 Å². The Bertz CT molecular complexity index is 1380. The summed E-state index contributed by atoms with van der Waals surface area (Å²) in [6, 6.07) is 14.7. The molecule has 0 aliphatic rings. The predicted molar refractivity (Wildman–Crippen MR) is 127 cm³/mol. The largest absolute Gasteiger partial charge is 0.503 e. The third kappa shape index (κ3) is 4.56. The molecule has 4 rings (SSSR count). The number of fused-ring (bicyclic) bond motifs is 1. The molecule has 2 aromatic carbocycles. The number of thiophene rings is 1. The van der Waals surface area contributed by atoms with Crippen molar-refractivity contribution in [3.63, 3.8) is 0 Å². The Hall–Kier alpha value is -3.50. The van der Waals surface area contributed by atoms with E-state index in [4.69, 9.17) is 4.74 Å². The van der Waals surface area contributed by atoms with Gasteiger partial charge in [-0.3, -0.25) is 14.2 Å². The number of hydrogen-bond donors (Lipinski definition) is 2. The smallest absolute Gasteiger partial charge is 0.262 e. The molecule has 2 aromatic heterocycles. The van der Waals surface area contributed by atoms with Gasteiger partial charge < -0.3 is 9.84 Å². The van der Waals surface area contributed by atoms with Crippen molar-refractivity contribution in [3.8, 4) is 21.9 Å². The van der Waals surface area contributed by atoms with Crippen molar-refractivity contribution < 1.29 is 14.6 Å². The van der Waals surface area contributed by atoms with Crippen LogP contribution < -0.4 is 15.7 Å². The minimum absolute atomic E-state index is 0.0280. The summed E-state index contributed by atoms with van der Waals surface area (Å²) < 4.78 is 6.75. The number of phenolic OH excluding ortho intramolecular Hbond substituents is 1. The number of halogens is 1. The van der Waals surface area contributed by atoms with Crippen LogP contribution in [0.5, 0.6) is 11.5 Å². The highest BCUT2D eigenvalue weighted by molar-refractivity contribution is 9.10. The number of hydrogen-bond acceptors (Lipinski definition) is 7. The molecular formula is C22H17BrN4O4S. The molecular weight excluding hydrogens is 496 g/mol. The number of phenols is 1. The summed E-state index contributed by atoms with van der Waals surface area (Å²) in [5, 5.41) is 14.2. The lowest BCUT2D eigenvalue weighted by Crippen LogP contribution is -2.29. The first-order chi connectivity index (χ1) is 15.5. The topological polar surface area (TPSA) is 106 Å². The van der Waals surface area contributed by atoms with Crippen LogP contribution in [0.1, 0.15) is 5.56 Å². The number of nitrogens with zero attached hydrogens (tertiary/aromatic N) is 3. The Morgan fingerprint density at radius 1 is 1.31 bits per heavy atom. The normalized spacial score (nSPS) is 11.2. The SMILES string of the molecule is COc1cc(/C=N/NC(=O)Cn2cnc3sc(-c4ccccc4)cc3c2=O)cc(Br)c1O. The van der Waals surface area contributed by atoms with Crippen molar-refractivity contribution in [3.05, 3.63) is 75.2 Å². The molecule has 0 fully saturated rings. The van der Waals surface area contributed by atoms with Crippen LogP contribution in [-0.4, -0.2) is 33.9 Å². The van der Waals surface area contributed by atoms with E-state index in [1.807, 2.05) is 30.3 Å². The first kappa shape index (κ1) is 21.7. The monoisotopic (exact) mass is 512 g/mol. The van der Waals surface area contributed by atoms with Crippen LogP contribution in [0.2, 0.25) is 0 Å². The van der Waals surface area contributed by atoms with E-state index in [1.165, 1.54) is 35.6 Å². The molecule has 0 radical (unpaired) electrons. The van der Waals surface area contributed by atoms with E-state index in [-0.39, 0.29) is 23.6 Å². The van der Waals surface area contributed by atoms with Crippen molar-refractivity contribution in [2.75, 3.05) is 7.11 Å². The van der Waals surface area contributed by atoms with Gasteiger partial charge in [0.2, 0.25) is 0 Å². The molecule has 2 N–H and O–H groups in total. The van der Waals surface area contributed by atoms with Gasteiger partial charge in [-0.15, -0.1) is 11.3 Å². The van der Waals surface area contributed by atoms with E-state index in [0.29, 0.717) is 20.3 Å². The first-order valence-corrected chi connectivity index (χ1v) is 11.0. The molecule has 0 bridgehead atoms. The highest BCUT2D eigenvalue weighted by atomic mass is 79.9. The number of benzene rings is 2. The Morgan fingerprint density at radius 2 is 2.09 bits per heavy atom. The maximum Gasteiger partial charge on any atom is 0.262 e. The molecule has 0 spiro atoms. The van der Waals surface area contributed by atoms with Gasteiger partial charge in [0, 0.05) is 4.88 Å². The molecule has 1 amide bonds. The maximum atomic E-state index is 12.8. The Kier molecular flexibility index (Phi) is 6.33. The second kappa shape index (κ2) is 9.33. The van der Waals surface area contributed by atoms with E-state index in [1.54, 1.807) is 18.2 Å². The number of carbonyl (C=O) groups excluding carboxylic acids is 1. The van der Waals surface area contributed by atoms with Gasteiger partial charge >= 0.3 is 0 Å². The van der Waals surface area contributed by atoms with Gasteiger partial charge in [-0.1, -0.05) is 30.3 Å². The zero-order valence-electron chi connectivity index (χ0n) is 16.8. The van der Waals surface area contributed by atoms with Gasteiger partial charge in [-0.25, -0.2) is 10.4 Å². The second-order valence-corrected chi connectivity index (χ2v) is 8.60. The van der Waals surface area contributed by atoms with E-state index in [9.17, 15) is 14.7 Å². The molecule has 8 nitrogen and oxygen atoms in total. The molecule has 0 unspecified atom stereocenters. The summed E-state index contributed by atoms with van der Waals surface area (Å²) >= 11 is 4.65. The van der Waals surface area contributed by atoms with Gasteiger partial charge in [0.05, 0.1) is 29.5 Å². The number of aromatic nitrogens is 2. The van der Waals surface area contributed by atoms with Crippen molar-refractivity contribution in [2.24, 2.45) is 5.10 Å². The van der Waals surface area contributed by atoms with Gasteiger partial charge in [0.15, 0.2) is 11.5 Å². The number of rotatable bonds is 6. The van der Waals surface area contributed by atoms with Crippen molar-refractivity contribution >= 4 is 49.6 Å². The van der Waals surface area contributed by atoms with Gasteiger partial charge in [-0.2, -0.15) is 5.10 Å². The third-order valence-corrected chi connectivity index (χ3v) is 6.26. The van der Waals surface area contributed by atoms with E-state index in [2.05, 4.69) is 31.4 Å². The second-order valence-electron chi connectivity index (χ2n) is 6.72. The zero-order valence-corrected chi connectivity index (χ0v) is 19.2. The van der Waals surface area contributed by atoms with Gasteiger partial charge in [-0.05, 0) is 45.3 Å². The summed E-state index contributed by atoms with van der Waals surface area (Å²) in [5.74, 6) is -0.239. The maximum absolute atomic E-state index is 12.8. The number of methoxy groups -OCH3 is 1. The van der Waals surface area contributed by atoms with Crippen LogP contribution in [0.25, 0.3) is 20.7 Å². The summed E-state index contributed by atoms with van der Waals surface area (Å²) in [6.07, 6.45) is 2.76. The van der Waals surface area contributed by atoms with Crippen LogP contribution in [0.4, 0.5) is 0 Å². The van der Waals surface area contributed by atoms with Gasteiger partial charge in [0.1, 0.15) is 11.4 Å². The number of amides is 1. The highest BCUT2D eigenvalue weighted by Gasteiger charge is 2.12. The summed E-state index contributed by atoms with van der Waals surface area (Å²) in [6.45, 7) is -0.224. The molecule has 10 heteroatoms. The van der Waals surface area contributed by atoms with E-state index in [0.717, 1.165) is 10.4 Å². The highest BCUT2D eigenvalue weighted by Crippen LogP contribution is 2.34. The van der Waals surface area contributed by atoms with Crippen molar-refractivity contribution in [2.45, 2.75) is 6.54 Å². The number of carbonyl (C=O) groups is 1. The molecule has 0 atom stereocenters. The number of nitrogens with one attached hydrogen (secondary N) is 1. The lowest BCUT2D eigenvalue weighted by atomic mass is 10.2. The molecule has 162 valence electrons. The summed E-state index contributed by atoms with van der Waals surface area (Å²) in [5.41, 5.74) is 3.69. The molecule has 0 saturated carbocycles. The minimum atomic E-state index is -0.479. The lowest BCUT2D eigenvalue weighted by Gasteiger charge is -2.06. The minimum Gasteiger partial charge on any atom is -0.503 e. The number of ether oxygens (including phenoxy) is 1. The molecule has 2 heterocycles. The summed E-state index contributed by atoms with van der Waals surface area (Å²) in [4.78, 5) is 31.0. The van der Waals surface area contributed by atoms with Crippen LogP contribution >= 0.6 is 27.3 Å². The average Bonchev–Trinajstić information content (AvgIpc) is 3.24. The third-order valence-electron chi connectivity index (χ3n) is 4.56. The molecule has 0 saturated heterocycles. The van der Waals surface area contributed by atoms with Crippen molar-refractivity contribution in [1.82, 2.24) is 15.0 Å². The molecule has 0 aliphatic carbocycles. The Balaban J connectivity index is 1.48. The predicted octanol–water partition coefficient (Wildman–Crippen LogP) is 3.75. The summed E-state index contributed by atoms with van der Waals surface area (Å²) in [7, 11) is 1.43. The Labute approximate surface area is 194 Å². The standard InChI is InChI=1S/C22H17BrN4O4S/c1-31-17-8-13(7-16(23)20(17)29)10-25-26-19(28)11-27-12-24-21-15(22(27)30)9-18(32-21)14-5-3-2-4-6-14/h2-10,12,29H,11H2,1H3,(H,26,28)/b25-10+. The van der Waals surface area contributed by atoms with Crippen LogP contribution in [0.3, 0.4) is 0 Å². The van der Waals surface area contributed by atoms with Crippen molar-refractivity contribution in [1.29, 1.82) is 0 Å². The fraction of sp³-hybridized carbons (Fsp3) is 0.0909. The fourth-order valence-corrected chi connectivity index (χ4v) is 4.46. The number of hydrazone groups is 1. The first-order valence-electron chi connectivity index (χ1n) is 9.39. The van der Waals surface area contributed by atoms with Crippen LogP contribution in [0, 0.1) is 0 Å². The number of aromatic hydroxyl groups is 1. The molecule has 4 aromatic rings. The Morgan fingerprint density at radius 3 is 2.84 bits per heavy atom. The van der Waals surface area contributed by atoms with Gasteiger partial charge in [0.25, 0.3) is 11.5 Å². The van der Waals surface area contributed by atoms with Crippen LogP contribution in [0.15, 0.2) is 69.2 Å².